The van der Waals surface area contributed by atoms with Gasteiger partial charge in [0.25, 0.3) is 0 Å². The third-order valence-corrected chi connectivity index (χ3v) is 3.81. The molecule has 1 aromatic rings. The minimum atomic E-state index is -0.411. The molecule has 0 bridgehead atoms. The van der Waals surface area contributed by atoms with Gasteiger partial charge in [-0.1, -0.05) is 0 Å². The second-order valence-corrected chi connectivity index (χ2v) is 5.42. The van der Waals surface area contributed by atoms with Crippen LogP contribution >= 0.6 is 15.9 Å². The van der Waals surface area contributed by atoms with Crippen molar-refractivity contribution in [1.82, 2.24) is 5.32 Å². The third-order valence-electron chi connectivity index (χ3n) is 3.15. The number of amides is 2. The molecule has 0 aliphatic carbocycles. The maximum atomic E-state index is 12.0. The van der Waals surface area contributed by atoms with Crippen molar-refractivity contribution in [2.24, 2.45) is 0 Å². The van der Waals surface area contributed by atoms with Gasteiger partial charge in [0.05, 0.1) is 5.69 Å². The predicted molar refractivity (Wildman–Crippen MR) is 73.4 cm³/mol. The highest BCUT2D eigenvalue weighted by Gasteiger charge is 2.27. The summed E-state index contributed by atoms with van der Waals surface area (Å²) in [6.45, 7) is 4.01. The number of halogens is 1. The zero-order valence-electron chi connectivity index (χ0n) is 10.3. The summed E-state index contributed by atoms with van der Waals surface area (Å²) in [5.41, 5.74) is 3.02. The Balaban J connectivity index is 2.12. The van der Waals surface area contributed by atoms with E-state index < -0.39 is 6.04 Å². The Bertz CT molecular complexity index is 514. The topological polar surface area (TPSA) is 58.2 Å². The zero-order chi connectivity index (χ0) is 13.3. The van der Waals surface area contributed by atoms with Gasteiger partial charge in [-0.05, 0) is 59.5 Å². The van der Waals surface area contributed by atoms with Crippen LogP contribution in [-0.2, 0) is 9.59 Å². The molecule has 1 heterocycles. The van der Waals surface area contributed by atoms with Crippen molar-refractivity contribution in [3.05, 3.63) is 27.7 Å². The molecule has 1 fully saturated rings. The van der Waals surface area contributed by atoms with E-state index in [1.807, 2.05) is 26.0 Å². The summed E-state index contributed by atoms with van der Waals surface area (Å²) in [5, 5.41) is 5.49. The van der Waals surface area contributed by atoms with Crippen molar-refractivity contribution in [2.45, 2.75) is 32.7 Å². The first kappa shape index (κ1) is 13.1. The average molecular weight is 311 g/mol. The first-order valence-electron chi connectivity index (χ1n) is 5.84. The van der Waals surface area contributed by atoms with Gasteiger partial charge in [0.1, 0.15) is 6.04 Å². The second kappa shape index (κ2) is 5.10. The molecule has 1 atom stereocenters. The first-order valence-corrected chi connectivity index (χ1v) is 6.63. The van der Waals surface area contributed by atoms with Gasteiger partial charge in [-0.15, -0.1) is 0 Å². The van der Waals surface area contributed by atoms with Gasteiger partial charge in [-0.3, -0.25) is 9.59 Å². The lowest BCUT2D eigenvalue weighted by Crippen LogP contribution is -2.37. The Labute approximate surface area is 114 Å². The van der Waals surface area contributed by atoms with Crippen LogP contribution in [0.4, 0.5) is 5.69 Å². The molecular formula is C13H15BrN2O2. The Morgan fingerprint density at radius 1 is 1.39 bits per heavy atom. The van der Waals surface area contributed by atoms with Crippen LogP contribution in [0.15, 0.2) is 16.6 Å². The quantitative estimate of drug-likeness (QED) is 0.880. The molecule has 0 aromatic heterocycles. The van der Waals surface area contributed by atoms with Crippen molar-refractivity contribution < 1.29 is 9.59 Å². The minimum Gasteiger partial charge on any atom is -0.344 e. The fraction of sp³-hybridized carbons (Fsp3) is 0.385. The molecule has 0 radical (unpaired) electrons. The van der Waals surface area contributed by atoms with Crippen molar-refractivity contribution in [2.75, 3.05) is 5.32 Å². The molecule has 1 aromatic carbocycles. The first-order chi connectivity index (χ1) is 8.47. The molecule has 1 aliphatic heterocycles. The van der Waals surface area contributed by atoms with Crippen LogP contribution in [0.1, 0.15) is 24.0 Å². The van der Waals surface area contributed by atoms with E-state index >= 15 is 0 Å². The van der Waals surface area contributed by atoms with Gasteiger partial charge in [0, 0.05) is 10.9 Å². The average Bonchev–Trinajstić information content (AvgIpc) is 2.73. The van der Waals surface area contributed by atoms with E-state index in [0.717, 1.165) is 21.3 Å². The van der Waals surface area contributed by atoms with Crippen LogP contribution in [-0.4, -0.2) is 17.9 Å². The molecule has 2 rings (SSSR count). The highest BCUT2D eigenvalue weighted by molar-refractivity contribution is 9.10. The Kier molecular flexibility index (Phi) is 3.71. The minimum absolute atomic E-state index is 0.0608. The van der Waals surface area contributed by atoms with E-state index in [2.05, 4.69) is 26.6 Å². The number of hydrogen-bond donors (Lipinski definition) is 2. The van der Waals surface area contributed by atoms with E-state index in [0.29, 0.717) is 12.8 Å². The molecule has 1 unspecified atom stereocenters. The van der Waals surface area contributed by atoms with Crippen LogP contribution in [0.25, 0.3) is 0 Å². The lowest BCUT2D eigenvalue weighted by molar-refractivity contribution is -0.122. The summed E-state index contributed by atoms with van der Waals surface area (Å²) in [6.07, 6.45) is 0.985. The number of anilines is 1. The maximum Gasteiger partial charge on any atom is 0.246 e. The standard InChI is InChI=1S/C13H15BrN2O2/c1-7-5-9(14)11(6-8(7)2)16-13(18)10-3-4-12(17)15-10/h5-6,10H,3-4H2,1-2H3,(H,15,17)(H,16,18). The van der Waals surface area contributed by atoms with Gasteiger partial charge in [0.15, 0.2) is 0 Å². The highest BCUT2D eigenvalue weighted by atomic mass is 79.9. The lowest BCUT2D eigenvalue weighted by Gasteiger charge is -2.13. The van der Waals surface area contributed by atoms with E-state index in [1.54, 1.807) is 0 Å². The van der Waals surface area contributed by atoms with Gasteiger partial charge >= 0.3 is 0 Å². The number of aryl methyl sites for hydroxylation is 2. The lowest BCUT2D eigenvalue weighted by atomic mass is 10.1. The Morgan fingerprint density at radius 3 is 2.67 bits per heavy atom. The largest absolute Gasteiger partial charge is 0.344 e. The van der Waals surface area contributed by atoms with Gasteiger partial charge in [0.2, 0.25) is 11.8 Å². The monoisotopic (exact) mass is 310 g/mol. The Morgan fingerprint density at radius 2 is 2.06 bits per heavy atom. The van der Waals surface area contributed by atoms with E-state index in [4.69, 9.17) is 0 Å². The number of hydrogen-bond acceptors (Lipinski definition) is 2. The molecule has 4 nitrogen and oxygen atoms in total. The van der Waals surface area contributed by atoms with E-state index in [1.165, 1.54) is 0 Å². The van der Waals surface area contributed by atoms with Gasteiger partial charge in [-0.2, -0.15) is 0 Å². The summed E-state index contributed by atoms with van der Waals surface area (Å²) in [4.78, 5) is 23.0. The molecule has 96 valence electrons. The Hall–Kier alpha value is -1.36. The fourth-order valence-electron chi connectivity index (χ4n) is 1.91. The van der Waals surface area contributed by atoms with Crippen LogP contribution in [0.2, 0.25) is 0 Å². The number of carbonyl (C=O) groups is 2. The molecule has 18 heavy (non-hydrogen) atoms. The van der Waals surface area contributed by atoms with E-state index in [-0.39, 0.29) is 11.8 Å². The SMILES string of the molecule is Cc1cc(Br)c(NC(=O)C2CCC(=O)N2)cc1C. The van der Waals surface area contributed by atoms with Crippen molar-refractivity contribution in [3.8, 4) is 0 Å². The summed E-state index contributed by atoms with van der Waals surface area (Å²) >= 11 is 3.43. The van der Waals surface area contributed by atoms with Crippen LogP contribution in [0.5, 0.6) is 0 Å². The van der Waals surface area contributed by atoms with Gasteiger partial charge in [-0.25, -0.2) is 0 Å². The summed E-state index contributed by atoms with van der Waals surface area (Å²) in [6, 6.07) is 3.48. The second-order valence-electron chi connectivity index (χ2n) is 4.56. The van der Waals surface area contributed by atoms with E-state index in [9.17, 15) is 9.59 Å². The van der Waals surface area contributed by atoms with Crippen LogP contribution < -0.4 is 10.6 Å². The molecule has 0 spiro atoms. The van der Waals surface area contributed by atoms with Gasteiger partial charge < -0.3 is 10.6 Å². The summed E-state index contributed by atoms with van der Waals surface area (Å²) in [5.74, 6) is -0.223. The van der Waals surface area contributed by atoms with Crippen LogP contribution in [0.3, 0.4) is 0 Å². The summed E-state index contributed by atoms with van der Waals surface area (Å²) in [7, 11) is 0. The molecule has 1 saturated heterocycles. The van der Waals surface area contributed by atoms with Crippen molar-refractivity contribution >= 4 is 33.4 Å². The molecule has 5 heteroatoms. The maximum absolute atomic E-state index is 12.0. The number of nitrogens with one attached hydrogen (secondary N) is 2. The normalized spacial score (nSPS) is 18.6. The molecule has 2 amide bonds. The number of rotatable bonds is 2. The highest BCUT2D eigenvalue weighted by Crippen LogP contribution is 2.26. The molecule has 2 N–H and O–H groups in total. The van der Waals surface area contributed by atoms with Crippen LogP contribution in [0, 0.1) is 13.8 Å². The molecular weight excluding hydrogens is 296 g/mol. The number of carbonyl (C=O) groups excluding carboxylic acids is 2. The summed E-state index contributed by atoms with van der Waals surface area (Å²) < 4.78 is 0.850. The smallest absolute Gasteiger partial charge is 0.246 e. The third kappa shape index (κ3) is 2.72. The van der Waals surface area contributed by atoms with Crippen molar-refractivity contribution in [3.63, 3.8) is 0 Å². The molecule has 0 saturated carbocycles. The van der Waals surface area contributed by atoms with Crippen molar-refractivity contribution in [1.29, 1.82) is 0 Å². The fourth-order valence-corrected chi connectivity index (χ4v) is 2.46. The number of benzene rings is 1. The molecule has 1 aliphatic rings. The predicted octanol–water partition coefficient (Wildman–Crippen LogP) is 2.28. The zero-order valence-corrected chi connectivity index (χ0v) is 11.9.